The normalized spacial score (nSPS) is 30.9. The zero-order valence-electron chi connectivity index (χ0n) is 11.1. The highest BCUT2D eigenvalue weighted by atomic mass is 16.5. The van der Waals surface area contributed by atoms with Gasteiger partial charge in [-0.05, 0) is 51.4 Å². The number of hydrogen-bond donors (Lipinski definition) is 1. The van der Waals surface area contributed by atoms with E-state index in [2.05, 4.69) is 5.32 Å². The van der Waals surface area contributed by atoms with Gasteiger partial charge in [0.15, 0.2) is 0 Å². The third-order valence-electron chi connectivity index (χ3n) is 4.13. The molecule has 2 saturated carbocycles. The lowest BCUT2D eigenvalue weighted by molar-refractivity contribution is -0.145. The van der Waals surface area contributed by atoms with Gasteiger partial charge in [0, 0.05) is 6.04 Å². The van der Waals surface area contributed by atoms with Gasteiger partial charge in [-0.25, -0.2) is 0 Å². The second kappa shape index (κ2) is 5.85. The first-order chi connectivity index (χ1) is 8.20. The third kappa shape index (κ3) is 3.70. The minimum atomic E-state index is -0.155. The Morgan fingerprint density at radius 2 is 2.06 bits per heavy atom. The Labute approximate surface area is 104 Å². The molecule has 3 nitrogen and oxygen atoms in total. The molecule has 0 aliphatic heterocycles. The van der Waals surface area contributed by atoms with Crippen molar-refractivity contribution >= 4 is 5.97 Å². The van der Waals surface area contributed by atoms with Crippen molar-refractivity contribution in [3.8, 4) is 0 Å². The first kappa shape index (κ1) is 12.9. The summed E-state index contributed by atoms with van der Waals surface area (Å²) >= 11 is 0. The van der Waals surface area contributed by atoms with Crippen LogP contribution in [0.3, 0.4) is 0 Å². The van der Waals surface area contributed by atoms with Gasteiger partial charge in [-0.3, -0.25) is 4.79 Å². The zero-order valence-corrected chi connectivity index (χ0v) is 11.1. The number of esters is 1. The lowest BCUT2D eigenvalue weighted by Crippen LogP contribution is -2.44. The van der Waals surface area contributed by atoms with Gasteiger partial charge in [-0.15, -0.1) is 0 Å². The summed E-state index contributed by atoms with van der Waals surface area (Å²) in [5.74, 6) is 1.80. The second-order valence-corrected chi connectivity index (χ2v) is 5.60. The summed E-state index contributed by atoms with van der Waals surface area (Å²) in [5.41, 5.74) is 0. The van der Waals surface area contributed by atoms with E-state index in [9.17, 15) is 4.79 Å². The van der Waals surface area contributed by atoms with E-state index in [1.54, 1.807) is 0 Å². The Bertz CT molecular complexity index is 263. The van der Waals surface area contributed by atoms with Crippen molar-refractivity contribution in [1.29, 1.82) is 0 Å². The van der Waals surface area contributed by atoms with Gasteiger partial charge in [0.1, 0.15) is 6.04 Å². The van der Waals surface area contributed by atoms with Gasteiger partial charge in [-0.1, -0.05) is 12.8 Å². The van der Waals surface area contributed by atoms with Crippen LogP contribution in [-0.4, -0.2) is 24.7 Å². The van der Waals surface area contributed by atoms with Gasteiger partial charge in [-0.2, -0.15) is 0 Å². The molecule has 0 spiro atoms. The highest BCUT2D eigenvalue weighted by molar-refractivity contribution is 5.75. The summed E-state index contributed by atoms with van der Waals surface area (Å²) < 4.78 is 5.03. The van der Waals surface area contributed by atoms with Crippen molar-refractivity contribution in [3.05, 3.63) is 0 Å². The molecular weight excluding hydrogens is 214 g/mol. The molecule has 98 valence electrons. The largest absolute Gasteiger partial charge is 0.465 e. The lowest BCUT2D eigenvalue weighted by atomic mass is 9.82. The van der Waals surface area contributed by atoms with Crippen LogP contribution in [0.1, 0.15) is 52.4 Å². The van der Waals surface area contributed by atoms with Gasteiger partial charge < -0.3 is 10.1 Å². The smallest absolute Gasteiger partial charge is 0.322 e. The van der Waals surface area contributed by atoms with E-state index in [0.717, 1.165) is 11.8 Å². The summed E-state index contributed by atoms with van der Waals surface area (Å²) in [7, 11) is 0. The molecule has 0 bridgehead atoms. The molecule has 0 aromatic heterocycles. The molecule has 1 N–H and O–H groups in total. The highest BCUT2D eigenvalue weighted by Crippen LogP contribution is 2.43. The third-order valence-corrected chi connectivity index (χ3v) is 4.13. The quantitative estimate of drug-likeness (QED) is 0.749. The minimum absolute atomic E-state index is 0.110. The topological polar surface area (TPSA) is 38.3 Å². The van der Waals surface area contributed by atoms with Crippen LogP contribution < -0.4 is 5.32 Å². The van der Waals surface area contributed by atoms with Gasteiger partial charge >= 0.3 is 5.97 Å². The van der Waals surface area contributed by atoms with Crippen molar-refractivity contribution in [2.75, 3.05) is 6.61 Å². The maximum atomic E-state index is 11.6. The van der Waals surface area contributed by atoms with Crippen molar-refractivity contribution in [2.24, 2.45) is 11.8 Å². The fraction of sp³-hybridized carbons (Fsp3) is 0.929. The van der Waals surface area contributed by atoms with Crippen LogP contribution in [0.4, 0.5) is 0 Å². The summed E-state index contributed by atoms with van der Waals surface area (Å²) in [6.07, 6.45) is 8.06. The molecule has 2 aliphatic rings. The van der Waals surface area contributed by atoms with Crippen molar-refractivity contribution in [1.82, 2.24) is 5.32 Å². The van der Waals surface area contributed by atoms with Gasteiger partial charge in [0.05, 0.1) is 6.61 Å². The van der Waals surface area contributed by atoms with Crippen LogP contribution >= 0.6 is 0 Å². The van der Waals surface area contributed by atoms with E-state index in [1.165, 1.54) is 38.5 Å². The standard InChI is InChI=1S/C14H25NO2/c1-3-17-14(16)10(2)15-13-6-4-5-12(9-13)11-7-8-11/h10-13,15H,3-9H2,1-2H3. The maximum absolute atomic E-state index is 11.6. The van der Waals surface area contributed by atoms with Crippen LogP contribution in [0.5, 0.6) is 0 Å². The average Bonchev–Trinajstić information content (AvgIpc) is 3.13. The fourth-order valence-electron chi connectivity index (χ4n) is 3.06. The number of ether oxygens (including phenoxy) is 1. The Kier molecular flexibility index (Phi) is 4.43. The van der Waals surface area contributed by atoms with Gasteiger partial charge in [0.2, 0.25) is 0 Å². The minimum Gasteiger partial charge on any atom is -0.465 e. The van der Waals surface area contributed by atoms with Crippen molar-refractivity contribution in [3.63, 3.8) is 0 Å². The van der Waals surface area contributed by atoms with Gasteiger partial charge in [0.25, 0.3) is 0 Å². The predicted octanol–water partition coefficient (Wildman–Crippen LogP) is 2.50. The van der Waals surface area contributed by atoms with Crippen molar-refractivity contribution < 1.29 is 9.53 Å². The molecule has 0 heterocycles. The van der Waals surface area contributed by atoms with E-state index < -0.39 is 0 Å². The zero-order chi connectivity index (χ0) is 12.3. The Hall–Kier alpha value is -0.570. The van der Waals surface area contributed by atoms with Crippen LogP contribution in [0, 0.1) is 11.8 Å². The maximum Gasteiger partial charge on any atom is 0.322 e. The van der Waals surface area contributed by atoms with E-state index >= 15 is 0 Å². The van der Waals surface area contributed by atoms with E-state index in [-0.39, 0.29) is 12.0 Å². The molecule has 0 saturated heterocycles. The lowest BCUT2D eigenvalue weighted by Gasteiger charge is -2.31. The molecule has 3 unspecified atom stereocenters. The Balaban J connectivity index is 1.75. The van der Waals surface area contributed by atoms with E-state index in [1.807, 2.05) is 13.8 Å². The van der Waals surface area contributed by atoms with E-state index in [0.29, 0.717) is 12.6 Å². The fourth-order valence-corrected chi connectivity index (χ4v) is 3.06. The predicted molar refractivity (Wildman–Crippen MR) is 67.7 cm³/mol. The molecular formula is C14H25NO2. The number of nitrogens with one attached hydrogen (secondary N) is 1. The number of carbonyl (C=O) groups excluding carboxylic acids is 1. The van der Waals surface area contributed by atoms with Crippen molar-refractivity contribution in [2.45, 2.75) is 64.5 Å². The number of hydrogen-bond acceptors (Lipinski definition) is 3. The van der Waals surface area contributed by atoms with E-state index in [4.69, 9.17) is 4.74 Å². The van der Waals surface area contributed by atoms with Crippen LogP contribution in [0.25, 0.3) is 0 Å². The van der Waals surface area contributed by atoms with Crippen LogP contribution in [-0.2, 0) is 9.53 Å². The van der Waals surface area contributed by atoms with Crippen LogP contribution in [0.15, 0.2) is 0 Å². The average molecular weight is 239 g/mol. The Morgan fingerprint density at radius 3 is 2.71 bits per heavy atom. The molecule has 17 heavy (non-hydrogen) atoms. The summed E-state index contributed by atoms with van der Waals surface area (Å²) in [5, 5.41) is 3.44. The molecule has 0 radical (unpaired) electrons. The molecule has 0 amide bonds. The Morgan fingerprint density at radius 1 is 1.29 bits per heavy atom. The first-order valence-corrected chi connectivity index (χ1v) is 7.13. The summed E-state index contributed by atoms with van der Waals surface area (Å²) in [6, 6.07) is 0.367. The molecule has 3 atom stereocenters. The second-order valence-electron chi connectivity index (χ2n) is 5.60. The van der Waals surface area contributed by atoms with Crippen LogP contribution in [0.2, 0.25) is 0 Å². The number of rotatable bonds is 5. The molecule has 2 rings (SSSR count). The molecule has 2 aliphatic carbocycles. The molecule has 0 aromatic carbocycles. The summed E-state index contributed by atoms with van der Waals surface area (Å²) in [4.78, 5) is 11.6. The molecule has 3 heteroatoms. The first-order valence-electron chi connectivity index (χ1n) is 7.13. The monoisotopic (exact) mass is 239 g/mol. The summed E-state index contributed by atoms with van der Waals surface area (Å²) in [6.45, 7) is 4.24. The molecule has 0 aromatic rings. The number of carbonyl (C=O) groups is 1. The highest BCUT2D eigenvalue weighted by Gasteiger charge is 2.35. The SMILES string of the molecule is CCOC(=O)C(C)NC1CCCC(C2CC2)C1. The molecule has 2 fully saturated rings.